The van der Waals surface area contributed by atoms with Gasteiger partial charge < -0.3 is 10.2 Å². The SMILES string of the molecule is CCN(CC(=O)Nc1ccccc1C(F)(F)F)C(=O)c1cc(Cl)sc1Cl. The Hall–Kier alpha value is -1.77. The van der Waals surface area contributed by atoms with Crippen molar-refractivity contribution in [3.05, 3.63) is 50.1 Å². The monoisotopic (exact) mass is 424 g/mol. The highest BCUT2D eigenvalue weighted by atomic mass is 35.5. The number of amides is 2. The summed E-state index contributed by atoms with van der Waals surface area (Å²) in [6.45, 7) is 1.37. The second-order valence-corrected chi connectivity index (χ2v) is 7.43. The molecule has 0 saturated heterocycles. The number of hydrogen-bond donors (Lipinski definition) is 1. The van der Waals surface area contributed by atoms with Gasteiger partial charge >= 0.3 is 6.18 Å². The van der Waals surface area contributed by atoms with Gasteiger partial charge in [-0.25, -0.2) is 0 Å². The Morgan fingerprint density at radius 2 is 1.88 bits per heavy atom. The number of hydrogen-bond acceptors (Lipinski definition) is 3. The zero-order valence-corrected chi connectivity index (χ0v) is 15.7. The standard InChI is InChI=1S/C16H13Cl2F3N2O2S/c1-2-23(15(25)9-7-12(17)26-14(9)18)8-13(24)22-11-6-4-3-5-10(11)16(19,20)21/h3-7H,2,8H2,1H3,(H,22,24). The molecule has 0 bridgehead atoms. The Bertz CT molecular complexity index is 824. The van der Waals surface area contributed by atoms with Crippen LogP contribution >= 0.6 is 34.5 Å². The Labute approximate surface area is 161 Å². The summed E-state index contributed by atoms with van der Waals surface area (Å²) in [5, 5.41) is 2.20. The van der Waals surface area contributed by atoms with Gasteiger partial charge in [0, 0.05) is 6.54 Å². The Morgan fingerprint density at radius 1 is 1.23 bits per heavy atom. The normalized spacial score (nSPS) is 11.3. The highest BCUT2D eigenvalue weighted by Crippen LogP contribution is 2.35. The van der Waals surface area contributed by atoms with Crippen LogP contribution in [0.5, 0.6) is 0 Å². The third-order valence-corrected chi connectivity index (χ3v) is 4.88. The summed E-state index contributed by atoms with van der Waals surface area (Å²) in [6, 6.07) is 6.00. The second-order valence-electron chi connectivity index (χ2n) is 5.15. The molecule has 140 valence electrons. The molecule has 0 spiro atoms. The van der Waals surface area contributed by atoms with Crippen LogP contribution in [0.2, 0.25) is 8.67 Å². The number of nitrogens with one attached hydrogen (secondary N) is 1. The van der Waals surface area contributed by atoms with Gasteiger partial charge in [0.05, 0.1) is 21.2 Å². The van der Waals surface area contributed by atoms with Crippen LogP contribution in [0, 0.1) is 0 Å². The molecule has 0 saturated carbocycles. The Balaban J connectivity index is 2.13. The summed E-state index contributed by atoms with van der Waals surface area (Å²) in [5.41, 5.74) is -1.19. The molecule has 1 aromatic carbocycles. The van der Waals surface area contributed by atoms with Crippen LogP contribution in [-0.2, 0) is 11.0 Å². The lowest BCUT2D eigenvalue weighted by Crippen LogP contribution is -2.38. The Kier molecular flexibility index (Phi) is 6.54. The minimum atomic E-state index is -4.61. The van der Waals surface area contributed by atoms with Crippen molar-refractivity contribution in [1.82, 2.24) is 4.90 Å². The van der Waals surface area contributed by atoms with Crippen LogP contribution in [-0.4, -0.2) is 29.8 Å². The smallest absolute Gasteiger partial charge is 0.330 e. The van der Waals surface area contributed by atoms with E-state index < -0.39 is 30.1 Å². The lowest BCUT2D eigenvalue weighted by Gasteiger charge is -2.21. The largest absolute Gasteiger partial charge is 0.418 e. The second kappa shape index (κ2) is 8.28. The van der Waals surface area contributed by atoms with E-state index in [9.17, 15) is 22.8 Å². The molecule has 2 amide bonds. The van der Waals surface area contributed by atoms with Gasteiger partial charge in [0.2, 0.25) is 5.91 Å². The minimum absolute atomic E-state index is 0.145. The summed E-state index contributed by atoms with van der Waals surface area (Å²) < 4.78 is 39.4. The first-order valence-electron chi connectivity index (χ1n) is 7.33. The quantitative estimate of drug-likeness (QED) is 0.718. The predicted octanol–water partition coefficient (Wildman–Crippen LogP) is 5.17. The highest BCUT2D eigenvalue weighted by Gasteiger charge is 2.33. The third kappa shape index (κ3) is 4.90. The molecule has 0 aliphatic rings. The summed E-state index contributed by atoms with van der Waals surface area (Å²) in [6.07, 6.45) is -4.61. The van der Waals surface area contributed by atoms with Crippen LogP contribution in [0.15, 0.2) is 30.3 Å². The van der Waals surface area contributed by atoms with Crippen LogP contribution in [0.3, 0.4) is 0 Å². The Morgan fingerprint density at radius 3 is 2.42 bits per heavy atom. The molecule has 1 aromatic heterocycles. The molecule has 0 aliphatic carbocycles. The number of nitrogens with zero attached hydrogens (tertiary/aromatic N) is 1. The predicted molar refractivity (Wildman–Crippen MR) is 96.0 cm³/mol. The molecule has 1 heterocycles. The molecule has 26 heavy (non-hydrogen) atoms. The zero-order valence-electron chi connectivity index (χ0n) is 13.4. The van der Waals surface area contributed by atoms with Crippen LogP contribution in [0.1, 0.15) is 22.8 Å². The minimum Gasteiger partial charge on any atom is -0.330 e. The fraction of sp³-hybridized carbons (Fsp3) is 0.250. The van der Waals surface area contributed by atoms with E-state index in [1.165, 1.54) is 18.2 Å². The van der Waals surface area contributed by atoms with E-state index in [1.807, 2.05) is 0 Å². The maximum absolute atomic E-state index is 13.0. The van der Waals surface area contributed by atoms with Crippen molar-refractivity contribution in [1.29, 1.82) is 0 Å². The number of halogens is 5. The van der Waals surface area contributed by atoms with E-state index in [2.05, 4.69) is 5.32 Å². The molecule has 2 rings (SSSR count). The number of para-hydroxylation sites is 1. The number of anilines is 1. The van der Waals surface area contributed by atoms with Crippen molar-refractivity contribution in [3.8, 4) is 0 Å². The van der Waals surface area contributed by atoms with Crippen molar-refractivity contribution in [3.63, 3.8) is 0 Å². The molecular formula is C16H13Cl2F3N2O2S. The zero-order chi connectivity index (χ0) is 19.5. The van der Waals surface area contributed by atoms with Gasteiger partial charge in [-0.05, 0) is 25.1 Å². The first-order valence-corrected chi connectivity index (χ1v) is 8.91. The number of alkyl halides is 3. The highest BCUT2D eigenvalue weighted by molar-refractivity contribution is 7.20. The average Bonchev–Trinajstić information content (AvgIpc) is 2.90. The fourth-order valence-corrected chi connectivity index (χ4v) is 3.63. The summed E-state index contributed by atoms with van der Waals surface area (Å²) in [7, 11) is 0. The third-order valence-electron chi connectivity index (χ3n) is 3.40. The summed E-state index contributed by atoms with van der Waals surface area (Å²) in [5.74, 6) is -1.28. The summed E-state index contributed by atoms with van der Waals surface area (Å²) >= 11 is 12.8. The molecule has 0 fully saturated rings. The van der Waals surface area contributed by atoms with E-state index in [0.717, 1.165) is 28.4 Å². The van der Waals surface area contributed by atoms with Crippen LogP contribution < -0.4 is 5.32 Å². The number of likely N-dealkylation sites (N-methyl/N-ethyl adjacent to an activating group) is 1. The molecule has 10 heteroatoms. The molecule has 1 N–H and O–H groups in total. The molecule has 0 radical (unpaired) electrons. The van der Waals surface area contributed by atoms with E-state index >= 15 is 0 Å². The van der Waals surface area contributed by atoms with Gasteiger partial charge in [-0.2, -0.15) is 13.2 Å². The van der Waals surface area contributed by atoms with Crippen molar-refractivity contribution in [2.24, 2.45) is 0 Å². The number of carbonyl (C=O) groups excluding carboxylic acids is 2. The van der Waals surface area contributed by atoms with Crippen molar-refractivity contribution in [2.45, 2.75) is 13.1 Å². The van der Waals surface area contributed by atoms with E-state index in [1.54, 1.807) is 6.92 Å². The summed E-state index contributed by atoms with van der Waals surface area (Å²) in [4.78, 5) is 25.8. The van der Waals surface area contributed by atoms with Crippen molar-refractivity contribution in [2.75, 3.05) is 18.4 Å². The van der Waals surface area contributed by atoms with E-state index in [-0.39, 0.29) is 22.1 Å². The maximum atomic E-state index is 13.0. The number of rotatable bonds is 5. The first-order chi connectivity index (χ1) is 12.1. The van der Waals surface area contributed by atoms with Gasteiger partial charge in [0.25, 0.3) is 5.91 Å². The molecule has 0 unspecified atom stereocenters. The van der Waals surface area contributed by atoms with E-state index in [4.69, 9.17) is 23.2 Å². The molecular weight excluding hydrogens is 412 g/mol. The number of benzene rings is 1. The lowest BCUT2D eigenvalue weighted by atomic mass is 10.1. The number of carbonyl (C=O) groups is 2. The van der Waals surface area contributed by atoms with Crippen molar-refractivity contribution >= 4 is 52.0 Å². The fourth-order valence-electron chi connectivity index (χ4n) is 2.19. The van der Waals surface area contributed by atoms with Crippen molar-refractivity contribution < 1.29 is 22.8 Å². The van der Waals surface area contributed by atoms with Gasteiger partial charge in [0.15, 0.2) is 0 Å². The molecule has 0 aliphatic heterocycles. The maximum Gasteiger partial charge on any atom is 0.418 e. The van der Waals surface area contributed by atoms with Gasteiger partial charge in [0.1, 0.15) is 10.9 Å². The lowest BCUT2D eigenvalue weighted by molar-refractivity contribution is -0.137. The van der Waals surface area contributed by atoms with Gasteiger partial charge in [-0.15, -0.1) is 11.3 Å². The van der Waals surface area contributed by atoms with Crippen LogP contribution in [0.25, 0.3) is 0 Å². The van der Waals surface area contributed by atoms with Gasteiger partial charge in [-0.3, -0.25) is 9.59 Å². The average molecular weight is 425 g/mol. The number of thiophene rings is 1. The first kappa shape index (κ1) is 20.5. The molecule has 4 nitrogen and oxygen atoms in total. The van der Waals surface area contributed by atoms with Gasteiger partial charge in [-0.1, -0.05) is 35.3 Å². The van der Waals surface area contributed by atoms with Crippen LogP contribution in [0.4, 0.5) is 18.9 Å². The van der Waals surface area contributed by atoms with E-state index in [0.29, 0.717) is 4.34 Å². The molecule has 0 atom stereocenters. The topological polar surface area (TPSA) is 49.4 Å². The molecule has 2 aromatic rings.